The minimum absolute atomic E-state index is 0.0227. The topological polar surface area (TPSA) is 157 Å². The highest BCUT2D eigenvalue weighted by Crippen LogP contribution is 2.39. The zero-order valence-corrected chi connectivity index (χ0v) is 24.9. The second-order valence-corrected chi connectivity index (χ2v) is 13.8. The van der Waals surface area contributed by atoms with E-state index in [1.165, 1.54) is 0 Å². The van der Waals surface area contributed by atoms with Gasteiger partial charge in [0.2, 0.25) is 0 Å². The van der Waals surface area contributed by atoms with Crippen LogP contribution >= 0.6 is 0 Å². The number of esters is 2. The molecule has 4 fully saturated rings. The van der Waals surface area contributed by atoms with Gasteiger partial charge in [-0.25, -0.2) is 0 Å². The predicted molar refractivity (Wildman–Crippen MR) is 158 cm³/mol. The molecule has 8 N–H and O–H groups in total. The van der Waals surface area contributed by atoms with Crippen LogP contribution in [-0.2, 0) is 19.1 Å². The van der Waals surface area contributed by atoms with Gasteiger partial charge in [-0.2, -0.15) is 0 Å². The summed E-state index contributed by atoms with van der Waals surface area (Å²) in [4.78, 5) is 25.9. The largest absolute Gasteiger partial charge is 0.462 e. The van der Waals surface area contributed by atoms with E-state index in [0.717, 1.165) is 103 Å². The van der Waals surface area contributed by atoms with Crippen LogP contribution in [0.15, 0.2) is 0 Å². The fourth-order valence-corrected chi connectivity index (χ4v) is 8.01. The van der Waals surface area contributed by atoms with Crippen molar-refractivity contribution < 1.29 is 19.1 Å². The van der Waals surface area contributed by atoms with Crippen LogP contribution in [0.25, 0.3) is 0 Å². The van der Waals surface area contributed by atoms with E-state index >= 15 is 0 Å². The Kier molecular flexibility index (Phi) is 12.6. The number of hydrogen-bond donors (Lipinski definition) is 4. The lowest BCUT2D eigenvalue weighted by Crippen LogP contribution is -2.41. The maximum Gasteiger partial charge on any atom is 0.306 e. The van der Waals surface area contributed by atoms with Gasteiger partial charge in [-0.05, 0) is 139 Å². The average molecular weight is 563 g/mol. The van der Waals surface area contributed by atoms with E-state index in [2.05, 4.69) is 0 Å². The van der Waals surface area contributed by atoms with Crippen molar-refractivity contribution in [3.8, 4) is 0 Å². The van der Waals surface area contributed by atoms with E-state index in [9.17, 15) is 9.59 Å². The highest BCUT2D eigenvalue weighted by Gasteiger charge is 2.38. The van der Waals surface area contributed by atoms with Crippen molar-refractivity contribution in [1.29, 1.82) is 0 Å². The molecule has 0 heterocycles. The standard InChI is InChI=1S/C32H58N4O4/c33-25-13-5-21(6-14-25)31(22-7-15-26(34)16-8-22)39-29(37)3-1-2-4-30(38)40-32(23-9-17-27(35)18-10-23)24-11-19-28(36)20-12-24/h21-28,31-32H,1-20,33-36H2. The minimum Gasteiger partial charge on any atom is -0.462 e. The van der Waals surface area contributed by atoms with Gasteiger partial charge >= 0.3 is 11.9 Å². The molecule has 40 heavy (non-hydrogen) atoms. The Morgan fingerprint density at radius 3 is 0.900 bits per heavy atom. The lowest BCUT2D eigenvalue weighted by molar-refractivity contribution is -0.160. The molecule has 4 rings (SSSR count). The second kappa shape index (κ2) is 15.9. The average Bonchev–Trinajstić information content (AvgIpc) is 2.95. The first kappa shape index (κ1) is 31.7. The second-order valence-electron chi connectivity index (χ2n) is 13.8. The zero-order chi connectivity index (χ0) is 28.5. The van der Waals surface area contributed by atoms with Crippen molar-refractivity contribution in [2.75, 3.05) is 0 Å². The van der Waals surface area contributed by atoms with Crippen molar-refractivity contribution in [3.05, 3.63) is 0 Å². The summed E-state index contributed by atoms with van der Waals surface area (Å²) in [6, 6.07) is 1.10. The first-order chi connectivity index (χ1) is 19.3. The monoisotopic (exact) mass is 562 g/mol. The highest BCUT2D eigenvalue weighted by molar-refractivity contribution is 5.71. The first-order valence-corrected chi connectivity index (χ1v) is 16.7. The fourth-order valence-electron chi connectivity index (χ4n) is 8.01. The predicted octanol–water partition coefficient (Wildman–Crippen LogP) is 4.44. The molecule has 0 aliphatic heterocycles. The van der Waals surface area contributed by atoms with Crippen LogP contribution in [0.4, 0.5) is 0 Å². The number of unbranched alkanes of at least 4 members (excludes halogenated alkanes) is 1. The third kappa shape index (κ3) is 9.67. The van der Waals surface area contributed by atoms with Gasteiger partial charge in [0.1, 0.15) is 12.2 Å². The van der Waals surface area contributed by atoms with Gasteiger partial charge in [-0.15, -0.1) is 0 Å². The Balaban J connectivity index is 1.22. The van der Waals surface area contributed by atoms with Crippen LogP contribution in [0, 0.1) is 23.7 Å². The van der Waals surface area contributed by atoms with Crippen LogP contribution in [0.1, 0.15) is 128 Å². The molecule has 230 valence electrons. The summed E-state index contributed by atoms with van der Waals surface area (Å²) in [5, 5.41) is 0. The molecule has 0 radical (unpaired) electrons. The van der Waals surface area contributed by atoms with Crippen LogP contribution in [0.3, 0.4) is 0 Å². The quantitative estimate of drug-likeness (QED) is 0.213. The number of rotatable bonds is 11. The normalized spacial score (nSPS) is 36.8. The smallest absolute Gasteiger partial charge is 0.306 e. The molecule has 0 atom stereocenters. The molecule has 0 aromatic rings. The van der Waals surface area contributed by atoms with Crippen molar-refractivity contribution in [2.45, 2.75) is 165 Å². The molecule has 0 amide bonds. The molecule has 0 aromatic carbocycles. The lowest BCUT2D eigenvalue weighted by Gasteiger charge is -2.39. The Morgan fingerprint density at radius 2 is 0.675 bits per heavy atom. The van der Waals surface area contributed by atoms with Gasteiger partial charge in [0.05, 0.1) is 0 Å². The summed E-state index contributed by atoms with van der Waals surface area (Å²) in [6.07, 6.45) is 18.3. The van der Waals surface area contributed by atoms with Crippen molar-refractivity contribution in [1.82, 2.24) is 0 Å². The summed E-state index contributed by atoms with van der Waals surface area (Å²) >= 11 is 0. The van der Waals surface area contributed by atoms with E-state index < -0.39 is 0 Å². The van der Waals surface area contributed by atoms with E-state index in [1.807, 2.05) is 0 Å². The van der Waals surface area contributed by atoms with Gasteiger partial charge in [-0.3, -0.25) is 9.59 Å². The molecule has 0 spiro atoms. The van der Waals surface area contributed by atoms with E-state index in [1.54, 1.807) is 0 Å². The highest BCUT2D eigenvalue weighted by atomic mass is 16.5. The molecule has 4 aliphatic carbocycles. The number of carbonyl (C=O) groups excluding carboxylic acids is 2. The number of nitrogens with two attached hydrogens (primary N) is 4. The maximum atomic E-state index is 12.9. The zero-order valence-electron chi connectivity index (χ0n) is 24.9. The minimum atomic E-state index is -0.127. The number of hydrogen-bond acceptors (Lipinski definition) is 8. The first-order valence-electron chi connectivity index (χ1n) is 16.7. The summed E-state index contributed by atoms with van der Waals surface area (Å²) in [7, 11) is 0. The summed E-state index contributed by atoms with van der Waals surface area (Å²) in [6.45, 7) is 0. The molecule has 0 aromatic heterocycles. The molecule has 8 heteroatoms. The van der Waals surface area contributed by atoms with E-state index in [4.69, 9.17) is 32.4 Å². The number of carbonyl (C=O) groups is 2. The molecule has 4 aliphatic rings. The van der Waals surface area contributed by atoms with Crippen molar-refractivity contribution in [2.24, 2.45) is 46.6 Å². The molecule has 8 nitrogen and oxygen atoms in total. The lowest BCUT2D eigenvalue weighted by atomic mass is 9.73. The van der Waals surface area contributed by atoms with Crippen LogP contribution in [0.2, 0.25) is 0 Å². The summed E-state index contributed by atoms with van der Waals surface area (Å²) < 4.78 is 12.4. The third-order valence-electron chi connectivity index (χ3n) is 10.7. The molecular weight excluding hydrogens is 504 g/mol. The van der Waals surface area contributed by atoms with Crippen LogP contribution < -0.4 is 22.9 Å². The Morgan fingerprint density at radius 1 is 0.450 bits per heavy atom. The molecular formula is C32H58N4O4. The van der Waals surface area contributed by atoms with Gasteiger partial charge in [-0.1, -0.05) is 0 Å². The summed E-state index contributed by atoms with van der Waals surface area (Å²) in [5.74, 6) is 1.35. The molecule has 0 bridgehead atoms. The Bertz CT molecular complexity index is 657. The number of ether oxygens (including phenoxy) is 2. The van der Waals surface area contributed by atoms with Crippen LogP contribution in [0.5, 0.6) is 0 Å². The van der Waals surface area contributed by atoms with Gasteiger partial charge in [0, 0.05) is 37.0 Å². The van der Waals surface area contributed by atoms with Gasteiger partial charge in [0.25, 0.3) is 0 Å². The Hall–Kier alpha value is -1.22. The van der Waals surface area contributed by atoms with Gasteiger partial charge < -0.3 is 32.4 Å². The summed E-state index contributed by atoms with van der Waals surface area (Å²) in [5.41, 5.74) is 24.6. The molecule has 0 unspecified atom stereocenters. The maximum absolute atomic E-state index is 12.9. The Labute approximate surface area is 242 Å². The van der Waals surface area contributed by atoms with E-state index in [-0.39, 0.29) is 48.3 Å². The van der Waals surface area contributed by atoms with E-state index in [0.29, 0.717) is 49.4 Å². The molecule has 4 saturated carbocycles. The third-order valence-corrected chi connectivity index (χ3v) is 10.7. The van der Waals surface area contributed by atoms with Crippen molar-refractivity contribution in [3.63, 3.8) is 0 Å². The van der Waals surface area contributed by atoms with Gasteiger partial charge in [0.15, 0.2) is 0 Å². The fraction of sp³-hybridized carbons (Fsp3) is 0.938. The van der Waals surface area contributed by atoms with Crippen LogP contribution in [-0.4, -0.2) is 48.3 Å². The van der Waals surface area contributed by atoms with Crippen molar-refractivity contribution >= 4 is 11.9 Å². The molecule has 0 saturated heterocycles. The SMILES string of the molecule is NC1CCC(C(OC(=O)CCCCC(=O)OC(C2CCC(N)CC2)C2CCC(N)CC2)C2CCC(N)CC2)CC1.